The maximum Gasteiger partial charge on any atom is 0.255 e. The monoisotopic (exact) mass is 406 g/mol. The summed E-state index contributed by atoms with van der Waals surface area (Å²) >= 11 is 0. The van der Waals surface area contributed by atoms with Crippen LogP contribution in [0.1, 0.15) is 50.7 Å². The third-order valence-electron chi connectivity index (χ3n) is 5.39. The van der Waals surface area contributed by atoms with Crippen LogP contribution in [0.15, 0.2) is 42.5 Å². The Morgan fingerprint density at radius 3 is 2.53 bits per heavy atom. The van der Waals surface area contributed by atoms with Crippen LogP contribution in [0.2, 0.25) is 0 Å². The molecule has 2 aliphatic rings. The number of rotatable bonds is 6. The number of fused-ring (bicyclic) bond motifs is 1. The first-order valence-corrected chi connectivity index (χ1v) is 9.76. The van der Waals surface area contributed by atoms with Crippen molar-refractivity contribution < 1.29 is 19.2 Å². The fourth-order valence-corrected chi connectivity index (χ4v) is 3.82. The topological polar surface area (TPSA) is 122 Å². The van der Waals surface area contributed by atoms with Crippen molar-refractivity contribution in [2.75, 3.05) is 11.9 Å². The summed E-state index contributed by atoms with van der Waals surface area (Å²) in [4.78, 5) is 50.8. The summed E-state index contributed by atoms with van der Waals surface area (Å²) in [7, 11) is 0. The number of nitrogens with zero attached hydrogens (tertiary/aromatic N) is 1. The van der Waals surface area contributed by atoms with Crippen LogP contribution < -0.4 is 16.4 Å². The lowest BCUT2D eigenvalue weighted by molar-refractivity contribution is -0.127. The van der Waals surface area contributed by atoms with Gasteiger partial charge in [-0.1, -0.05) is 18.2 Å². The summed E-state index contributed by atoms with van der Waals surface area (Å²) in [6.45, 7) is 1.49. The van der Waals surface area contributed by atoms with Crippen LogP contribution in [-0.2, 0) is 9.59 Å². The van der Waals surface area contributed by atoms with E-state index >= 15 is 0 Å². The van der Waals surface area contributed by atoms with E-state index in [0.717, 1.165) is 12.8 Å². The zero-order chi connectivity index (χ0) is 21.4. The molecule has 0 aromatic heterocycles. The predicted molar refractivity (Wildman–Crippen MR) is 110 cm³/mol. The Morgan fingerprint density at radius 1 is 1.13 bits per heavy atom. The summed E-state index contributed by atoms with van der Waals surface area (Å²) < 4.78 is 0. The lowest BCUT2D eigenvalue weighted by atomic mass is 10.0. The molecule has 4 N–H and O–H groups in total. The lowest BCUT2D eigenvalue weighted by Crippen LogP contribution is -2.42. The number of hydrogen-bond donors (Lipinski definition) is 3. The molecule has 0 bridgehead atoms. The first kappa shape index (κ1) is 19.6. The van der Waals surface area contributed by atoms with Crippen molar-refractivity contribution in [3.63, 3.8) is 0 Å². The van der Waals surface area contributed by atoms with E-state index in [2.05, 4.69) is 10.6 Å². The maximum absolute atomic E-state index is 12.9. The van der Waals surface area contributed by atoms with Crippen molar-refractivity contribution in [3.05, 3.63) is 64.7 Å². The van der Waals surface area contributed by atoms with Crippen LogP contribution in [-0.4, -0.2) is 41.1 Å². The molecule has 1 atom stereocenters. The molecule has 8 nitrogen and oxygen atoms in total. The molecular formula is C22H22N4O4. The van der Waals surface area contributed by atoms with E-state index in [1.54, 1.807) is 54.3 Å². The molecule has 0 saturated heterocycles. The highest BCUT2D eigenvalue weighted by Crippen LogP contribution is 2.41. The van der Waals surface area contributed by atoms with Gasteiger partial charge < -0.3 is 21.3 Å². The Morgan fingerprint density at radius 2 is 1.87 bits per heavy atom. The quantitative estimate of drug-likeness (QED) is 0.673. The van der Waals surface area contributed by atoms with Gasteiger partial charge in [0.25, 0.3) is 5.91 Å². The smallest absolute Gasteiger partial charge is 0.255 e. The zero-order valence-electron chi connectivity index (χ0n) is 16.5. The third-order valence-corrected chi connectivity index (χ3v) is 5.39. The van der Waals surface area contributed by atoms with Gasteiger partial charge in [-0.2, -0.15) is 0 Å². The molecule has 1 fully saturated rings. The molecule has 1 unspecified atom stereocenters. The Bertz CT molecular complexity index is 1060. The number of carbonyl (C=O) groups is 4. The van der Waals surface area contributed by atoms with Gasteiger partial charge in [0.15, 0.2) is 0 Å². The molecular weight excluding hydrogens is 384 g/mol. The van der Waals surface area contributed by atoms with E-state index in [-0.39, 0.29) is 24.4 Å². The standard InChI is InChI=1S/C22H22N4O4/c1-12-10-13(6-9-15(12)20(23)28)25-18(27)11-24-21(29)19-16-4-2-3-5-17(16)22(30)26(19)14-7-8-14/h2-6,9-10,14,19H,7-8,11H2,1H3,(H2,23,28)(H,24,29)(H,25,27). The largest absolute Gasteiger partial charge is 0.366 e. The molecule has 8 heteroatoms. The highest BCUT2D eigenvalue weighted by atomic mass is 16.2. The number of primary amides is 1. The number of carbonyl (C=O) groups excluding carboxylic acids is 4. The van der Waals surface area contributed by atoms with Crippen LogP contribution in [0.5, 0.6) is 0 Å². The van der Waals surface area contributed by atoms with E-state index < -0.39 is 17.9 Å². The van der Waals surface area contributed by atoms with Crippen LogP contribution in [0.3, 0.4) is 0 Å². The number of hydrogen-bond acceptors (Lipinski definition) is 4. The van der Waals surface area contributed by atoms with Gasteiger partial charge in [0, 0.05) is 22.9 Å². The van der Waals surface area contributed by atoms with Crippen molar-refractivity contribution in [2.24, 2.45) is 5.73 Å². The molecule has 1 aliphatic heterocycles. The van der Waals surface area contributed by atoms with E-state index in [1.807, 2.05) is 0 Å². The van der Waals surface area contributed by atoms with Crippen LogP contribution in [0.4, 0.5) is 5.69 Å². The second kappa shape index (κ2) is 7.62. The van der Waals surface area contributed by atoms with E-state index in [0.29, 0.717) is 27.9 Å². The minimum atomic E-state index is -0.717. The molecule has 154 valence electrons. The van der Waals surface area contributed by atoms with Crippen molar-refractivity contribution in [1.82, 2.24) is 10.2 Å². The minimum absolute atomic E-state index is 0.0706. The molecule has 2 aromatic rings. The summed E-state index contributed by atoms with van der Waals surface area (Å²) in [6, 6.07) is 11.2. The number of anilines is 1. The predicted octanol–water partition coefficient (Wildman–Crippen LogP) is 1.51. The van der Waals surface area contributed by atoms with Gasteiger partial charge in [-0.25, -0.2) is 0 Å². The molecule has 1 aliphatic carbocycles. The van der Waals surface area contributed by atoms with Crippen molar-refractivity contribution >= 4 is 29.3 Å². The number of nitrogens with one attached hydrogen (secondary N) is 2. The summed E-state index contributed by atoms with van der Waals surface area (Å²) in [6.07, 6.45) is 1.76. The Balaban J connectivity index is 1.42. The first-order chi connectivity index (χ1) is 14.4. The SMILES string of the molecule is Cc1cc(NC(=O)CNC(=O)C2c3ccccc3C(=O)N2C2CC2)ccc1C(N)=O. The molecule has 2 aromatic carbocycles. The average Bonchev–Trinajstić information content (AvgIpc) is 3.50. The Hall–Kier alpha value is -3.68. The molecule has 0 radical (unpaired) electrons. The Labute approximate surface area is 173 Å². The second-order valence-corrected chi connectivity index (χ2v) is 7.59. The van der Waals surface area contributed by atoms with E-state index in [1.165, 1.54) is 0 Å². The molecule has 4 amide bonds. The normalized spacial score (nSPS) is 17.4. The van der Waals surface area contributed by atoms with Gasteiger partial charge in [0.2, 0.25) is 17.7 Å². The number of amides is 4. The van der Waals surface area contributed by atoms with Gasteiger partial charge in [-0.05, 0) is 55.2 Å². The van der Waals surface area contributed by atoms with Gasteiger partial charge in [0.1, 0.15) is 6.04 Å². The number of aryl methyl sites for hydroxylation is 1. The van der Waals surface area contributed by atoms with Gasteiger partial charge >= 0.3 is 0 Å². The second-order valence-electron chi connectivity index (χ2n) is 7.59. The maximum atomic E-state index is 12.9. The average molecular weight is 406 g/mol. The molecule has 1 heterocycles. The van der Waals surface area contributed by atoms with Crippen LogP contribution in [0.25, 0.3) is 0 Å². The fourth-order valence-electron chi connectivity index (χ4n) is 3.82. The summed E-state index contributed by atoms with van der Waals surface area (Å²) in [5.41, 5.74) is 8.02. The van der Waals surface area contributed by atoms with Gasteiger partial charge in [0.05, 0.1) is 6.54 Å². The van der Waals surface area contributed by atoms with Gasteiger partial charge in [-0.15, -0.1) is 0 Å². The highest BCUT2D eigenvalue weighted by molar-refractivity contribution is 6.05. The fraction of sp³-hybridized carbons (Fsp3) is 0.273. The van der Waals surface area contributed by atoms with Crippen molar-refractivity contribution in [3.8, 4) is 0 Å². The molecule has 1 saturated carbocycles. The summed E-state index contributed by atoms with van der Waals surface area (Å²) in [5.74, 6) is -1.47. The number of benzene rings is 2. The Kier molecular flexibility index (Phi) is 4.99. The highest BCUT2D eigenvalue weighted by Gasteiger charge is 2.47. The molecule has 4 rings (SSSR count). The number of nitrogens with two attached hydrogens (primary N) is 1. The molecule has 0 spiro atoms. The first-order valence-electron chi connectivity index (χ1n) is 9.76. The van der Waals surface area contributed by atoms with E-state index in [9.17, 15) is 19.2 Å². The van der Waals surface area contributed by atoms with Crippen molar-refractivity contribution in [2.45, 2.75) is 31.8 Å². The lowest BCUT2D eigenvalue weighted by Gasteiger charge is -2.24. The van der Waals surface area contributed by atoms with Crippen LogP contribution >= 0.6 is 0 Å². The van der Waals surface area contributed by atoms with Crippen molar-refractivity contribution in [1.29, 1.82) is 0 Å². The van der Waals surface area contributed by atoms with Crippen LogP contribution in [0, 0.1) is 6.92 Å². The van der Waals surface area contributed by atoms with Gasteiger partial charge in [-0.3, -0.25) is 19.2 Å². The summed E-state index contributed by atoms with van der Waals surface area (Å²) in [5, 5.41) is 5.33. The zero-order valence-corrected chi connectivity index (χ0v) is 16.5. The van der Waals surface area contributed by atoms with E-state index in [4.69, 9.17) is 5.73 Å². The minimum Gasteiger partial charge on any atom is -0.366 e. The third kappa shape index (κ3) is 3.63. The molecule has 30 heavy (non-hydrogen) atoms.